The van der Waals surface area contributed by atoms with E-state index >= 15 is 0 Å². The van der Waals surface area contributed by atoms with Gasteiger partial charge in [-0.25, -0.2) is 0 Å². The molecule has 6 heteroatoms. The van der Waals surface area contributed by atoms with Crippen molar-refractivity contribution in [2.45, 2.75) is 12.7 Å². The highest BCUT2D eigenvalue weighted by molar-refractivity contribution is 5.32. The van der Waals surface area contributed by atoms with Crippen LogP contribution in [0.1, 0.15) is 17.3 Å². The summed E-state index contributed by atoms with van der Waals surface area (Å²) < 4.78 is 29.9. The monoisotopic (exact) mass is 253 g/mol. The molecule has 0 radical (unpaired) electrons. The lowest BCUT2D eigenvalue weighted by Crippen LogP contribution is -2.15. The third-order valence-electron chi connectivity index (χ3n) is 2.64. The largest absolute Gasteiger partial charge is 0.435 e. The maximum Gasteiger partial charge on any atom is 0.387 e. The number of halogens is 2. The van der Waals surface area contributed by atoms with Crippen LogP contribution in [0.25, 0.3) is 0 Å². The minimum Gasteiger partial charge on any atom is -0.435 e. The highest BCUT2D eigenvalue weighted by Gasteiger charge is 2.12. The van der Waals surface area contributed by atoms with Crippen LogP contribution in [-0.4, -0.2) is 16.4 Å². The van der Waals surface area contributed by atoms with Crippen molar-refractivity contribution >= 4 is 0 Å². The summed E-state index contributed by atoms with van der Waals surface area (Å²) in [6.45, 7) is -2.82. The standard InChI is InChI=1S/C12H13F2N3O/c1-17-10(6-7-16-17)11(15)8-2-4-9(5-3-8)18-12(13)14/h2-7,11-12H,15H2,1H3. The highest BCUT2D eigenvalue weighted by atomic mass is 19.3. The third-order valence-corrected chi connectivity index (χ3v) is 2.64. The van der Waals surface area contributed by atoms with Gasteiger partial charge in [0.05, 0.1) is 11.7 Å². The van der Waals surface area contributed by atoms with Gasteiger partial charge in [0.15, 0.2) is 0 Å². The fourth-order valence-electron chi connectivity index (χ4n) is 1.72. The Bertz CT molecular complexity index is 510. The van der Waals surface area contributed by atoms with Crippen LogP contribution < -0.4 is 10.5 Å². The van der Waals surface area contributed by atoms with Crippen LogP contribution in [0.4, 0.5) is 8.78 Å². The van der Waals surface area contributed by atoms with Gasteiger partial charge in [-0.1, -0.05) is 12.1 Å². The van der Waals surface area contributed by atoms with E-state index in [0.717, 1.165) is 11.3 Å². The first-order chi connectivity index (χ1) is 8.58. The topological polar surface area (TPSA) is 53.1 Å². The average molecular weight is 253 g/mol. The zero-order chi connectivity index (χ0) is 13.1. The van der Waals surface area contributed by atoms with Gasteiger partial charge in [-0.15, -0.1) is 0 Å². The molecule has 2 N–H and O–H groups in total. The zero-order valence-corrected chi connectivity index (χ0v) is 9.75. The van der Waals surface area contributed by atoms with Gasteiger partial charge in [0.1, 0.15) is 5.75 Å². The van der Waals surface area contributed by atoms with E-state index in [-0.39, 0.29) is 11.8 Å². The first-order valence-electron chi connectivity index (χ1n) is 5.36. The molecule has 1 heterocycles. The number of aryl methyl sites for hydroxylation is 1. The molecule has 1 unspecified atom stereocenters. The van der Waals surface area contributed by atoms with Gasteiger partial charge in [0.2, 0.25) is 0 Å². The van der Waals surface area contributed by atoms with Gasteiger partial charge in [-0.3, -0.25) is 4.68 Å². The van der Waals surface area contributed by atoms with E-state index in [9.17, 15) is 8.78 Å². The second kappa shape index (κ2) is 5.14. The fourth-order valence-corrected chi connectivity index (χ4v) is 1.72. The number of benzene rings is 1. The van der Waals surface area contributed by atoms with Crippen LogP contribution in [0, 0.1) is 0 Å². The van der Waals surface area contributed by atoms with E-state index in [1.807, 2.05) is 6.07 Å². The van der Waals surface area contributed by atoms with Gasteiger partial charge in [0, 0.05) is 13.2 Å². The molecule has 0 aliphatic heterocycles. The molecule has 0 bridgehead atoms. The van der Waals surface area contributed by atoms with Crippen molar-refractivity contribution in [2.75, 3.05) is 0 Å². The van der Waals surface area contributed by atoms with Gasteiger partial charge < -0.3 is 10.5 Å². The van der Waals surface area contributed by atoms with Crippen LogP contribution in [0.3, 0.4) is 0 Å². The van der Waals surface area contributed by atoms with Crippen molar-refractivity contribution in [3.63, 3.8) is 0 Å². The average Bonchev–Trinajstić information content (AvgIpc) is 2.75. The maximum absolute atomic E-state index is 12.0. The summed E-state index contributed by atoms with van der Waals surface area (Å²) in [7, 11) is 1.80. The number of nitrogens with two attached hydrogens (primary N) is 1. The molecule has 4 nitrogen and oxygen atoms in total. The maximum atomic E-state index is 12.0. The lowest BCUT2D eigenvalue weighted by molar-refractivity contribution is -0.0498. The zero-order valence-electron chi connectivity index (χ0n) is 9.75. The van der Waals surface area contributed by atoms with Crippen molar-refractivity contribution in [2.24, 2.45) is 12.8 Å². The highest BCUT2D eigenvalue weighted by Crippen LogP contribution is 2.22. The Hall–Kier alpha value is -1.95. The molecule has 0 spiro atoms. The third kappa shape index (κ3) is 2.65. The fraction of sp³-hybridized carbons (Fsp3) is 0.250. The molecule has 2 rings (SSSR count). The van der Waals surface area contributed by atoms with Crippen LogP contribution in [-0.2, 0) is 7.05 Å². The molecule has 18 heavy (non-hydrogen) atoms. The molecule has 0 saturated carbocycles. The summed E-state index contributed by atoms with van der Waals surface area (Å²) in [5.74, 6) is 0.117. The minimum atomic E-state index is -2.82. The number of nitrogens with zero attached hydrogens (tertiary/aromatic N) is 2. The second-order valence-corrected chi connectivity index (χ2v) is 3.80. The number of hydrogen-bond donors (Lipinski definition) is 1. The first-order valence-corrected chi connectivity index (χ1v) is 5.36. The van der Waals surface area contributed by atoms with Crippen molar-refractivity contribution in [1.82, 2.24) is 9.78 Å². The Morgan fingerprint density at radius 1 is 1.22 bits per heavy atom. The number of ether oxygens (including phenoxy) is 1. The molecule has 0 amide bonds. The molecule has 0 aliphatic rings. The summed E-state index contributed by atoms with van der Waals surface area (Å²) >= 11 is 0. The SMILES string of the molecule is Cn1nccc1C(N)c1ccc(OC(F)F)cc1. The smallest absolute Gasteiger partial charge is 0.387 e. The molecule has 0 saturated heterocycles. The number of alkyl halides is 2. The van der Waals surface area contributed by atoms with E-state index in [2.05, 4.69) is 9.84 Å². The minimum absolute atomic E-state index is 0.117. The Morgan fingerprint density at radius 2 is 1.89 bits per heavy atom. The molecule has 96 valence electrons. The number of aromatic nitrogens is 2. The molecule has 1 aromatic heterocycles. The molecular weight excluding hydrogens is 240 g/mol. The van der Waals surface area contributed by atoms with Gasteiger partial charge >= 0.3 is 6.61 Å². The Balaban J connectivity index is 2.17. The summed E-state index contributed by atoms with van der Waals surface area (Å²) in [4.78, 5) is 0. The molecular formula is C12H13F2N3O. The lowest BCUT2D eigenvalue weighted by atomic mass is 10.0. The summed E-state index contributed by atoms with van der Waals surface area (Å²) in [6.07, 6.45) is 1.66. The lowest BCUT2D eigenvalue weighted by Gasteiger charge is -2.13. The quantitative estimate of drug-likeness (QED) is 0.907. The molecule has 0 aliphatic carbocycles. The van der Waals surface area contributed by atoms with Gasteiger partial charge in [-0.05, 0) is 23.8 Å². The van der Waals surface area contributed by atoms with Crippen LogP contribution >= 0.6 is 0 Å². The Labute approximate surface area is 103 Å². The summed E-state index contributed by atoms with van der Waals surface area (Å²) in [6, 6.07) is 7.73. The van der Waals surface area contributed by atoms with Crippen molar-refractivity contribution in [1.29, 1.82) is 0 Å². The van der Waals surface area contributed by atoms with Gasteiger partial charge in [-0.2, -0.15) is 13.9 Å². The predicted molar refractivity (Wildman–Crippen MR) is 62.3 cm³/mol. The normalized spacial score (nSPS) is 12.7. The summed E-state index contributed by atoms with van der Waals surface area (Å²) in [5.41, 5.74) is 7.71. The van der Waals surface area contributed by atoms with E-state index in [1.165, 1.54) is 12.1 Å². The van der Waals surface area contributed by atoms with E-state index in [1.54, 1.807) is 30.1 Å². The van der Waals surface area contributed by atoms with Gasteiger partial charge in [0.25, 0.3) is 0 Å². The number of rotatable bonds is 4. The van der Waals surface area contributed by atoms with Crippen LogP contribution in [0.5, 0.6) is 5.75 Å². The van der Waals surface area contributed by atoms with E-state index in [4.69, 9.17) is 5.73 Å². The molecule has 2 aromatic rings. The predicted octanol–water partition coefficient (Wildman–Crippen LogP) is 2.07. The van der Waals surface area contributed by atoms with Crippen LogP contribution in [0.2, 0.25) is 0 Å². The van der Waals surface area contributed by atoms with Crippen molar-refractivity contribution in [3.05, 3.63) is 47.8 Å². The van der Waals surface area contributed by atoms with Crippen molar-refractivity contribution in [3.8, 4) is 5.75 Å². The number of hydrogen-bond acceptors (Lipinski definition) is 3. The second-order valence-electron chi connectivity index (χ2n) is 3.80. The summed E-state index contributed by atoms with van der Waals surface area (Å²) in [5, 5.41) is 4.03. The molecule has 0 fully saturated rings. The molecule has 1 aromatic carbocycles. The first kappa shape index (κ1) is 12.5. The Morgan fingerprint density at radius 3 is 2.39 bits per heavy atom. The van der Waals surface area contributed by atoms with Crippen LogP contribution in [0.15, 0.2) is 36.5 Å². The molecule has 1 atom stereocenters. The van der Waals surface area contributed by atoms with E-state index in [0.29, 0.717) is 0 Å². The van der Waals surface area contributed by atoms with E-state index < -0.39 is 6.61 Å². The van der Waals surface area contributed by atoms with Crippen molar-refractivity contribution < 1.29 is 13.5 Å². The Kier molecular flexibility index (Phi) is 3.57.